The molecule has 0 amide bonds. The van der Waals surface area contributed by atoms with E-state index in [9.17, 15) is 5.11 Å². The van der Waals surface area contributed by atoms with Crippen molar-refractivity contribution in [2.45, 2.75) is 26.0 Å². The first-order chi connectivity index (χ1) is 7.58. The third kappa shape index (κ3) is 3.73. The molecule has 0 saturated heterocycles. The average Bonchev–Trinajstić information content (AvgIpc) is 2.27. The molecular formula is C11H15Br2NO2. The zero-order valence-corrected chi connectivity index (χ0v) is 12.2. The molecule has 1 unspecified atom stereocenters. The molecule has 0 radical (unpaired) electrons. The number of hydrogen-bond acceptors (Lipinski definition) is 3. The van der Waals surface area contributed by atoms with E-state index in [2.05, 4.69) is 31.9 Å². The number of ether oxygens (including phenoxy) is 1. The molecule has 5 heteroatoms. The first-order valence-corrected chi connectivity index (χ1v) is 6.66. The topological polar surface area (TPSA) is 55.5 Å². The van der Waals surface area contributed by atoms with E-state index < -0.39 is 6.10 Å². The number of nitrogens with two attached hydrogens (primary N) is 1. The van der Waals surface area contributed by atoms with Crippen LogP contribution in [0.25, 0.3) is 0 Å². The fourth-order valence-corrected chi connectivity index (χ4v) is 2.68. The molecule has 1 rings (SSSR count). The molecule has 90 valence electrons. The van der Waals surface area contributed by atoms with Gasteiger partial charge in [0.05, 0.1) is 15.0 Å². The number of aliphatic hydroxyl groups is 1. The SMILES string of the molecule is CCC(O)COc1c(Br)cc(CN)cc1Br. The molecule has 1 aromatic rings. The van der Waals surface area contributed by atoms with Gasteiger partial charge in [-0.2, -0.15) is 0 Å². The summed E-state index contributed by atoms with van der Waals surface area (Å²) in [6, 6.07) is 3.83. The Balaban J connectivity index is 2.80. The second-order valence-corrected chi connectivity index (χ2v) is 5.17. The van der Waals surface area contributed by atoms with Gasteiger partial charge < -0.3 is 15.6 Å². The van der Waals surface area contributed by atoms with E-state index in [4.69, 9.17) is 10.5 Å². The normalized spacial score (nSPS) is 12.6. The van der Waals surface area contributed by atoms with Crippen LogP contribution in [0.5, 0.6) is 5.75 Å². The van der Waals surface area contributed by atoms with Crippen LogP contribution < -0.4 is 10.5 Å². The highest BCUT2D eigenvalue weighted by molar-refractivity contribution is 9.11. The van der Waals surface area contributed by atoms with Crippen molar-refractivity contribution in [2.24, 2.45) is 5.73 Å². The maximum atomic E-state index is 9.43. The fourth-order valence-electron chi connectivity index (χ4n) is 1.17. The molecule has 0 aromatic heterocycles. The molecule has 3 N–H and O–H groups in total. The van der Waals surface area contributed by atoms with Crippen molar-refractivity contribution in [1.82, 2.24) is 0 Å². The van der Waals surface area contributed by atoms with E-state index in [0.717, 1.165) is 14.5 Å². The molecule has 3 nitrogen and oxygen atoms in total. The predicted octanol–water partition coefficient (Wildman–Crippen LogP) is 2.82. The molecule has 0 aliphatic carbocycles. The molecular weight excluding hydrogens is 338 g/mol. The molecule has 1 aromatic carbocycles. The van der Waals surface area contributed by atoms with Gasteiger partial charge in [0, 0.05) is 6.54 Å². The summed E-state index contributed by atoms with van der Waals surface area (Å²) < 4.78 is 7.21. The van der Waals surface area contributed by atoms with Crippen LogP contribution in [0, 0.1) is 0 Å². The van der Waals surface area contributed by atoms with Gasteiger partial charge in [-0.25, -0.2) is 0 Å². The highest BCUT2D eigenvalue weighted by Gasteiger charge is 2.10. The Kier molecular flexibility index (Phi) is 5.75. The van der Waals surface area contributed by atoms with E-state index >= 15 is 0 Å². The van der Waals surface area contributed by atoms with Crippen LogP contribution in [0.3, 0.4) is 0 Å². The second kappa shape index (κ2) is 6.59. The summed E-state index contributed by atoms with van der Waals surface area (Å²) in [5.41, 5.74) is 6.57. The minimum absolute atomic E-state index is 0.287. The van der Waals surface area contributed by atoms with Crippen molar-refractivity contribution in [3.63, 3.8) is 0 Å². The Morgan fingerprint density at radius 3 is 2.38 bits per heavy atom. The highest BCUT2D eigenvalue weighted by Crippen LogP contribution is 2.34. The monoisotopic (exact) mass is 351 g/mol. The van der Waals surface area contributed by atoms with Gasteiger partial charge in [0.1, 0.15) is 12.4 Å². The van der Waals surface area contributed by atoms with E-state index in [1.807, 2.05) is 19.1 Å². The number of aliphatic hydroxyl groups excluding tert-OH is 1. The Hall–Kier alpha value is -0.100. The largest absolute Gasteiger partial charge is 0.489 e. The third-order valence-electron chi connectivity index (χ3n) is 2.19. The van der Waals surface area contributed by atoms with Crippen molar-refractivity contribution >= 4 is 31.9 Å². The highest BCUT2D eigenvalue weighted by atomic mass is 79.9. The number of rotatable bonds is 5. The maximum Gasteiger partial charge on any atom is 0.147 e. The molecule has 0 aliphatic rings. The van der Waals surface area contributed by atoms with Crippen molar-refractivity contribution in [2.75, 3.05) is 6.61 Å². The maximum absolute atomic E-state index is 9.43. The van der Waals surface area contributed by atoms with E-state index in [1.54, 1.807) is 0 Å². The average molecular weight is 353 g/mol. The lowest BCUT2D eigenvalue weighted by molar-refractivity contribution is 0.103. The van der Waals surface area contributed by atoms with Crippen LogP contribution in [0.2, 0.25) is 0 Å². The van der Waals surface area contributed by atoms with Gasteiger partial charge in [-0.3, -0.25) is 0 Å². The first kappa shape index (κ1) is 14.0. The molecule has 0 aliphatic heterocycles. The zero-order chi connectivity index (χ0) is 12.1. The second-order valence-electron chi connectivity index (χ2n) is 3.47. The lowest BCUT2D eigenvalue weighted by Crippen LogP contribution is -2.16. The summed E-state index contributed by atoms with van der Waals surface area (Å²) in [6.07, 6.45) is 0.240. The van der Waals surface area contributed by atoms with Crippen molar-refractivity contribution in [3.05, 3.63) is 26.6 Å². The van der Waals surface area contributed by atoms with Crippen molar-refractivity contribution in [1.29, 1.82) is 0 Å². The van der Waals surface area contributed by atoms with E-state index in [1.165, 1.54) is 0 Å². The summed E-state index contributed by atoms with van der Waals surface area (Å²) in [7, 11) is 0. The van der Waals surface area contributed by atoms with Crippen molar-refractivity contribution in [3.8, 4) is 5.75 Å². The van der Waals surface area contributed by atoms with Crippen molar-refractivity contribution < 1.29 is 9.84 Å². The quantitative estimate of drug-likeness (QED) is 0.856. The summed E-state index contributed by atoms with van der Waals surface area (Å²) in [6.45, 7) is 2.68. The van der Waals surface area contributed by atoms with E-state index in [0.29, 0.717) is 18.7 Å². The van der Waals surface area contributed by atoms with Gasteiger partial charge in [-0.1, -0.05) is 6.92 Å². The zero-order valence-electron chi connectivity index (χ0n) is 9.04. The summed E-state index contributed by atoms with van der Waals surface area (Å²) in [5, 5.41) is 9.43. The Morgan fingerprint density at radius 1 is 1.38 bits per heavy atom. The van der Waals surface area contributed by atoms with Gasteiger partial charge in [0.25, 0.3) is 0 Å². The van der Waals surface area contributed by atoms with Crippen LogP contribution in [0.4, 0.5) is 0 Å². The molecule has 0 spiro atoms. The summed E-state index contributed by atoms with van der Waals surface area (Å²) in [5.74, 6) is 0.699. The third-order valence-corrected chi connectivity index (χ3v) is 3.36. The van der Waals surface area contributed by atoms with Crippen LogP contribution >= 0.6 is 31.9 Å². The van der Waals surface area contributed by atoms with Crippen LogP contribution in [-0.2, 0) is 6.54 Å². The summed E-state index contributed by atoms with van der Waals surface area (Å²) >= 11 is 6.84. The van der Waals surface area contributed by atoms with Crippen LogP contribution in [0.15, 0.2) is 21.1 Å². The molecule has 0 fully saturated rings. The van der Waals surface area contributed by atoms with Crippen LogP contribution in [-0.4, -0.2) is 17.8 Å². The van der Waals surface area contributed by atoms with E-state index in [-0.39, 0.29) is 6.61 Å². The minimum atomic E-state index is -0.437. The minimum Gasteiger partial charge on any atom is -0.489 e. The number of halogens is 2. The first-order valence-electron chi connectivity index (χ1n) is 5.07. The summed E-state index contributed by atoms with van der Waals surface area (Å²) in [4.78, 5) is 0. The van der Waals surface area contributed by atoms with Gasteiger partial charge >= 0.3 is 0 Å². The van der Waals surface area contributed by atoms with Gasteiger partial charge in [-0.05, 0) is 56.0 Å². The standard InChI is InChI=1S/C11H15Br2NO2/c1-2-8(15)6-16-11-9(12)3-7(5-14)4-10(11)13/h3-4,8,15H,2,5-6,14H2,1H3. The lowest BCUT2D eigenvalue weighted by Gasteiger charge is -2.14. The Bertz CT molecular complexity index is 335. The molecule has 0 bridgehead atoms. The number of hydrogen-bond donors (Lipinski definition) is 2. The van der Waals surface area contributed by atoms with Gasteiger partial charge in [0.2, 0.25) is 0 Å². The Labute approximate surface area is 112 Å². The molecule has 0 heterocycles. The fraction of sp³-hybridized carbons (Fsp3) is 0.455. The molecule has 0 saturated carbocycles. The predicted molar refractivity (Wildman–Crippen MR) is 71.5 cm³/mol. The number of benzene rings is 1. The van der Waals surface area contributed by atoms with Gasteiger partial charge in [-0.15, -0.1) is 0 Å². The molecule has 1 atom stereocenters. The molecule has 16 heavy (non-hydrogen) atoms. The lowest BCUT2D eigenvalue weighted by atomic mass is 10.2. The van der Waals surface area contributed by atoms with Gasteiger partial charge in [0.15, 0.2) is 0 Å². The Morgan fingerprint density at radius 2 is 1.94 bits per heavy atom. The van der Waals surface area contributed by atoms with Crippen LogP contribution in [0.1, 0.15) is 18.9 Å². The smallest absolute Gasteiger partial charge is 0.147 e.